The summed E-state index contributed by atoms with van der Waals surface area (Å²) in [5.74, 6) is 1.58. The summed E-state index contributed by atoms with van der Waals surface area (Å²) in [6.45, 7) is 8.97. The lowest BCUT2D eigenvalue weighted by atomic mass is 9.98. The normalized spacial score (nSPS) is 14.2. The van der Waals surface area contributed by atoms with E-state index in [9.17, 15) is 0 Å². The second-order valence-electron chi connectivity index (χ2n) is 4.48. The monoisotopic (exact) mass is 233 g/mol. The van der Waals surface area contributed by atoms with E-state index in [2.05, 4.69) is 18.0 Å². The van der Waals surface area contributed by atoms with Crippen LogP contribution in [0, 0.1) is 0 Å². The topological polar surface area (TPSA) is 30.5 Å². The van der Waals surface area contributed by atoms with Gasteiger partial charge >= 0.3 is 0 Å². The maximum atomic E-state index is 5.76. The fourth-order valence-electron chi connectivity index (χ4n) is 2.04. The lowest BCUT2D eigenvalue weighted by Crippen LogP contribution is -2.22. The molecule has 1 aromatic rings. The summed E-state index contributed by atoms with van der Waals surface area (Å²) in [4.78, 5) is 0. The van der Waals surface area contributed by atoms with Crippen molar-refractivity contribution in [3.8, 4) is 11.5 Å². The molecule has 0 saturated heterocycles. The number of fused-ring (bicyclic) bond motifs is 1. The van der Waals surface area contributed by atoms with Crippen LogP contribution in [0.1, 0.15) is 25.0 Å². The number of methoxy groups -OCH3 is 1. The number of nitrogens with one attached hydrogen (secondary N) is 1. The van der Waals surface area contributed by atoms with Crippen LogP contribution in [0.15, 0.2) is 18.7 Å². The van der Waals surface area contributed by atoms with E-state index >= 15 is 0 Å². The van der Waals surface area contributed by atoms with Gasteiger partial charge in [-0.05, 0) is 38.0 Å². The van der Waals surface area contributed by atoms with Gasteiger partial charge in [-0.15, -0.1) is 0 Å². The van der Waals surface area contributed by atoms with Gasteiger partial charge in [0.25, 0.3) is 0 Å². The fourth-order valence-corrected chi connectivity index (χ4v) is 2.04. The van der Waals surface area contributed by atoms with Crippen LogP contribution in [-0.4, -0.2) is 19.8 Å². The molecular weight excluding hydrogens is 214 g/mol. The van der Waals surface area contributed by atoms with Crippen LogP contribution in [0.25, 0.3) is 5.70 Å². The molecule has 0 saturated carbocycles. The van der Waals surface area contributed by atoms with Gasteiger partial charge in [0.05, 0.1) is 13.2 Å². The van der Waals surface area contributed by atoms with Crippen LogP contribution in [0.3, 0.4) is 0 Å². The number of rotatable bonds is 3. The van der Waals surface area contributed by atoms with Gasteiger partial charge in [-0.2, -0.15) is 0 Å². The Bertz CT molecular complexity index is 438. The summed E-state index contributed by atoms with van der Waals surface area (Å²) < 4.78 is 11.1. The molecule has 1 aliphatic heterocycles. The molecule has 0 fully saturated rings. The van der Waals surface area contributed by atoms with Crippen LogP contribution >= 0.6 is 0 Å². The van der Waals surface area contributed by atoms with Crippen LogP contribution in [0.2, 0.25) is 0 Å². The van der Waals surface area contributed by atoms with Gasteiger partial charge in [0.1, 0.15) is 0 Å². The molecule has 0 atom stereocenters. The van der Waals surface area contributed by atoms with Crippen LogP contribution < -0.4 is 14.8 Å². The Morgan fingerprint density at radius 3 is 2.71 bits per heavy atom. The summed E-state index contributed by atoms with van der Waals surface area (Å²) in [6.07, 6.45) is 1.12. The third-order valence-corrected chi connectivity index (χ3v) is 2.81. The molecule has 92 valence electrons. The lowest BCUT2D eigenvalue weighted by Gasteiger charge is -2.23. The third-order valence-electron chi connectivity index (χ3n) is 2.81. The molecular formula is C14H19NO2. The molecule has 1 heterocycles. The first-order chi connectivity index (χ1) is 8.11. The summed E-state index contributed by atoms with van der Waals surface area (Å²) in [7, 11) is 1.67. The minimum atomic E-state index is 0.131. The quantitative estimate of drug-likeness (QED) is 0.870. The van der Waals surface area contributed by atoms with Gasteiger partial charge in [-0.25, -0.2) is 0 Å². The molecule has 0 spiro atoms. The predicted octanol–water partition coefficient (Wildman–Crippen LogP) is 2.60. The standard InChI is InChI=1S/C14H19NO2/c1-9(2)17-14-8-12-10(3)15-6-5-11(12)7-13(14)16-4/h7-9,15H,3,5-6H2,1-2,4H3. The Kier molecular flexibility index (Phi) is 3.27. The van der Waals surface area contributed by atoms with E-state index in [1.54, 1.807) is 7.11 Å². The molecule has 1 aliphatic rings. The molecule has 17 heavy (non-hydrogen) atoms. The smallest absolute Gasteiger partial charge is 0.162 e. The van der Waals surface area contributed by atoms with E-state index in [0.717, 1.165) is 35.7 Å². The van der Waals surface area contributed by atoms with Gasteiger partial charge < -0.3 is 14.8 Å². The maximum Gasteiger partial charge on any atom is 0.162 e. The van der Waals surface area contributed by atoms with Crippen molar-refractivity contribution in [2.75, 3.05) is 13.7 Å². The number of benzene rings is 1. The number of hydrogen-bond donors (Lipinski definition) is 1. The van der Waals surface area contributed by atoms with Crippen LogP contribution in [-0.2, 0) is 6.42 Å². The zero-order valence-corrected chi connectivity index (χ0v) is 10.7. The van der Waals surface area contributed by atoms with Crippen molar-refractivity contribution in [1.82, 2.24) is 5.32 Å². The Morgan fingerprint density at radius 1 is 1.29 bits per heavy atom. The van der Waals surface area contributed by atoms with Gasteiger partial charge in [-0.3, -0.25) is 0 Å². The van der Waals surface area contributed by atoms with Gasteiger partial charge in [0.15, 0.2) is 11.5 Å². The minimum Gasteiger partial charge on any atom is -0.493 e. The Morgan fingerprint density at radius 2 is 2.06 bits per heavy atom. The molecule has 0 amide bonds. The zero-order valence-electron chi connectivity index (χ0n) is 10.7. The second kappa shape index (κ2) is 4.70. The highest BCUT2D eigenvalue weighted by molar-refractivity contribution is 5.70. The van der Waals surface area contributed by atoms with E-state index in [4.69, 9.17) is 9.47 Å². The Hall–Kier alpha value is -1.64. The first kappa shape index (κ1) is 11.8. The molecule has 1 aromatic carbocycles. The van der Waals surface area contributed by atoms with E-state index in [-0.39, 0.29) is 6.10 Å². The van der Waals surface area contributed by atoms with E-state index in [1.165, 1.54) is 5.56 Å². The van der Waals surface area contributed by atoms with Crippen molar-refractivity contribution in [1.29, 1.82) is 0 Å². The summed E-state index contributed by atoms with van der Waals surface area (Å²) in [6, 6.07) is 4.07. The van der Waals surface area contributed by atoms with Crippen molar-refractivity contribution in [2.45, 2.75) is 26.4 Å². The SMILES string of the molecule is C=C1NCCc2cc(OC)c(OC(C)C)cc21. The van der Waals surface area contributed by atoms with Crippen molar-refractivity contribution in [3.05, 3.63) is 29.8 Å². The molecule has 0 bridgehead atoms. The first-order valence-electron chi connectivity index (χ1n) is 5.92. The number of ether oxygens (including phenoxy) is 2. The maximum absolute atomic E-state index is 5.76. The van der Waals surface area contributed by atoms with Crippen LogP contribution in [0.5, 0.6) is 11.5 Å². The van der Waals surface area contributed by atoms with E-state index in [0.29, 0.717) is 0 Å². The lowest BCUT2D eigenvalue weighted by molar-refractivity contribution is 0.230. The largest absolute Gasteiger partial charge is 0.493 e. The predicted molar refractivity (Wildman–Crippen MR) is 69.5 cm³/mol. The fraction of sp³-hybridized carbons (Fsp3) is 0.429. The Labute approximate surface area is 102 Å². The number of hydrogen-bond acceptors (Lipinski definition) is 3. The van der Waals surface area contributed by atoms with Crippen LogP contribution in [0.4, 0.5) is 0 Å². The van der Waals surface area contributed by atoms with Gasteiger partial charge in [-0.1, -0.05) is 6.58 Å². The molecule has 0 radical (unpaired) electrons. The second-order valence-corrected chi connectivity index (χ2v) is 4.48. The van der Waals surface area contributed by atoms with E-state index < -0.39 is 0 Å². The first-order valence-corrected chi connectivity index (χ1v) is 5.92. The summed E-state index contributed by atoms with van der Waals surface area (Å²) in [5.41, 5.74) is 3.36. The molecule has 3 heteroatoms. The highest BCUT2D eigenvalue weighted by Crippen LogP contribution is 2.35. The third kappa shape index (κ3) is 2.38. The molecule has 0 aliphatic carbocycles. The highest BCUT2D eigenvalue weighted by Gasteiger charge is 2.17. The average Bonchev–Trinajstić information content (AvgIpc) is 2.29. The Balaban J connectivity index is 2.44. The van der Waals surface area contributed by atoms with Crippen molar-refractivity contribution in [3.63, 3.8) is 0 Å². The average molecular weight is 233 g/mol. The molecule has 3 nitrogen and oxygen atoms in total. The van der Waals surface area contributed by atoms with Crippen molar-refractivity contribution < 1.29 is 9.47 Å². The van der Waals surface area contributed by atoms with Crippen molar-refractivity contribution >= 4 is 5.70 Å². The minimum absolute atomic E-state index is 0.131. The summed E-state index contributed by atoms with van der Waals surface area (Å²) >= 11 is 0. The summed E-state index contributed by atoms with van der Waals surface area (Å²) in [5, 5.41) is 3.27. The molecule has 0 aromatic heterocycles. The van der Waals surface area contributed by atoms with Gasteiger partial charge in [0, 0.05) is 17.8 Å². The molecule has 2 rings (SSSR count). The highest BCUT2D eigenvalue weighted by atomic mass is 16.5. The molecule has 1 N–H and O–H groups in total. The van der Waals surface area contributed by atoms with Crippen molar-refractivity contribution in [2.24, 2.45) is 0 Å². The molecule has 0 unspecified atom stereocenters. The zero-order chi connectivity index (χ0) is 12.4. The van der Waals surface area contributed by atoms with E-state index in [1.807, 2.05) is 19.9 Å². The van der Waals surface area contributed by atoms with Gasteiger partial charge in [0.2, 0.25) is 0 Å².